The van der Waals surface area contributed by atoms with Crippen molar-refractivity contribution in [3.63, 3.8) is 0 Å². The van der Waals surface area contributed by atoms with E-state index in [1.165, 1.54) is 12.8 Å². The summed E-state index contributed by atoms with van der Waals surface area (Å²) < 4.78 is 0. The van der Waals surface area contributed by atoms with Crippen LogP contribution in [-0.4, -0.2) is 28.6 Å². The van der Waals surface area contributed by atoms with Crippen molar-refractivity contribution in [1.29, 1.82) is 0 Å². The van der Waals surface area contributed by atoms with Gasteiger partial charge >= 0.3 is 0 Å². The van der Waals surface area contributed by atoms with Crippen molar-refractivity contribution in [2.24, 2.45) is 11.7 Å². The van der Waals surface area contributed by atoms with Crippen molar-refractivity contribution < 1.29 is 0 Å². The minimum absolute atomic E-state index is 0.0311. The van der Waals surface area contributed by atoms with E-state index in [4.69, 9.17) is 5.73 Å². The highest BCUT2D eigenvalue weighted by Gasteiger charge is 2.50. The lowest BCUT2D eigenvalue weighted by atomic mass is 9.86. The maximum Gasteiger partial charge on any atom is 0.252 e. The molecule has 0 unspecified atom stereocenters. The van der Waals surface area contributed by atoms with Gasteiger partial charge < -0.3 is 15.6 Å². The summed E-state index contributed by atoms with van der Waals surface area (Å²) >= 11 is 0. The van der Waals surface area contributed by atoms with Gasteiger partial charge in [0.15, 0.2) is 0 Å². The van der Waals surface area contributed by atoms with Crippen LogP contribution < -0.4 is 16.2 Å². The van der Waals surface area contributed by atoms with Gasteiger partial charge in [0, 0.05) is 25.6 Å². The highest BCUT2D eigenvalue weighted by Crippen LogP contribution is 2.43. The quantitative estimate of drug-likeness (QED) is 0.786. The fourth-order valence-electron chi connectivity index (χ4n) is 2.57. The van der Waals surface area contributed by atoms with E-state index in [1.54, 1.807) is 6.07 Å². The molecule has 0 atom stereocenters. The molecule has 1 aromatic heterocycles. The third-order valence-corrected chi connectivity index (χ3v) is 3.80. The molecule has 0 aromatic carbocycles. The Hall–Kier alpha value is -1.36. The Labute approximate surface area is 100 Å². The number of rotatable bonds is 3. The molecule has 0 spiro atoms. The van der Waals surface area contributed by atoms with Crippen molar-refractivity contribution in [1.82, 2.24) is 9.97 Å². The highest BCUT2D eigenvalue weighted by atomic mass is 16.1. The molecule has 1 aromatic rings. The van der Waals surface area contributed by atoms with Gasteiger partial charge in [-0.2, -0.15) is 0 Å². The van der Waals surface area contributed by atoms with Crippen molar-refractivity contribution >= 4 is 5.82 Å². The third kappa shape index (κ3) is 1.84. The Balaban J connectivity index is 1.78. The largest absolute Gasteiger partial charge is 0.353 e. The van der Waals surface area contributed by atoms with E-state index >= 15 is 0 Å². The average molecular weight is 234 g/mol. The molecule has 2 aliphatic rings. The fraction of sp³-hybridized carbons (Fsp3) is 0.667. The van der Waals surface area contributed by atoms with E-state index in [-0.39, 0.29) is 11.1 Å². The summed E-state index contributed by atoms with van der Waals surface area (Å²) in [7, 11) is 0. The normalized spacial score (nSPS) is 22.4. The highest BCUT2D eigenvalue weighted by molar-refractivity contribution is 5.44. The van der Waals surface area contributed by atoms with Gasteiger partial charge in [0.05, 0.1) is 5.54 Å². The van der Waals surface area contributed by atoms with Crippen LogP contribution in [0.4, 0.5) is 5.82 Å². The molecular formula is C12H18N4O. The SMILES string of the molecule is CCc1nc(N2CC(N)(C3CC3)C2)cc(=O)[nH]1. The summed E-state index contributed by atoms with van der Waals surface area (Å²) in [5.41, 5.74) is 6.18. The Morgan fingerprint density at radius 1 is 1.59 bits per heavy atom. The van der Waals surface area contributed by atoms with Crippen LogP contribution in [0.5, 0.6) is 0 Å². The topological polar surface area (TPSA) is 75.0 Å². The number of nitrogens with two attached hydrogens (primary N) is 1. The average Bonchev–Trinajstić information content (AvgIpc) is 3.07. The smallest absolute Gasteiger partial charge is 0.252 e. The number of nitrogens with zero attached hydrogens (tertiary/aromatic N) is 2. The molecular weight excluding hydrogens is 216 g/mol. The second kappa shape index (κ2) is 3.57. The van der Waals surface area contributed by atoms with E-state index in [1.807, 2.05) is 6.92 Å². The molecule has 1 aliphatic carbocycles. The lowest BCUT2D eigenvalue weighted by molar-refractivity contribution is 0.289. The summed E-state index contributed by atoms with van der Waals surface area (Å²) in [5.74, 6) is 2.20. The zero-order valence-corrected chi connectivity index (χ0v) is 10.1. The van der Waals surface area contributed by atoms with E-state index in [0.717, 1.165) is 31.2 Å². The molecule has 0 bridgehead atoms. The number of hydrogen-bond acceptors (Lipinski definition) is 4. The van der Waals surface area contributed by atoms with Crippen molar-refractivity contribution in [2.75, 3.05) is 18.0 Å². The third-order valence-electron chi connectivity index (χ3n) is 3.80. The zero-order valence-electron chi connectivity index (χ0n) is 10.1. The van der Waals surface area contributed by atoms with Crippen molar-refractivity contribution in [2.45, 2.75) is 31.7 Å². The van der Waals surface area contributed by atoms with Gasteiger partial charge in [-0.1, -0.05) is 6.92 Å². The molecule has 1 aliphatic heterocycles. The van der Waals surface area contributed by atoms with Crippen LogP contribution in [0.25, 0.3) is 0 Å². The Bertz CT molecular complexity index is 486. The van der Waals surface area contributed by atoms with Gasteiger partial charge in [0.1, 0.15) is 11.6 Å². The molecule has 2 heterocycles. The summed E-state index contributed by atoms with van der Waals surface area (Å²) in [5, 5.41) is 0. The fourth-order valence-corrected chi connectivity index (χ4v) is 2.57. The number of aromatic amines is 1. The number of aromatic nitrogens is 2. The molecule has 0 radical (unpaired) electrons. The lowest BCUT2D eigenvalue weighted by Gasteiger charge is -2.48. The maximum absolute atomic E-state index is 11.5. The van der Waals surface area contributed by atoms with Gasteiger partial charge in [-0.15, -0.1) is 0 Å². The van der Waals surface area contributed by atoms with Crippen LogP contribution in [0.2, 0.25) is 0 Å². The molecule has 0 amide bonds. The standard InChI is InChI=1S/C12H18N4O/c1-2-9-14-10(5-11(17)15-9)16-6-12(13,7-16)8-3-4-8/h5,8H,2-4,6-7,13H2,1H3,(H,14,15,17). The van der Waals surface area contributed by atoms with E-state index < -0.39 is 0 Å². The number of hydrogen-bond donors (Lipinski definition) is 2. The second-order valence-electron chi connectivity index (χ2n) is 5.27. The molecule has 92 valence electrons. The molecule has 3 rings (SSSR count). The lowest BCUT2D eigenvalue weighted by Crippen LogP contribution is -2.69. The Kier molecular flexibility index (Phi) is 2.26. The first-order chi connectivity index (χ1) is 8.10. The van der Waals surface area contributed by atoms with Crippen LogP contribution in [-0.2, 0) is 6.42 Å². The second-order valence-corrected chi connectivity index (χ2v) is 5.27. The van der Waals surface area contributed by atoms with Crippen LogP contribution in [0, 0.1) is 5.92 Å². The number of nitrogens with one attached hydrogen (secondary N) is 1. The van der Waals surface area contributed by atoms with Crippen LogP contribution in [0.1, 0.15) is 25.6 Å². The molecule has 17 heavy (non-hydrogen) atoms. The molecule has 2 fully saturated rings. The van der Waals surface area contributed by atoms with Gasteiger partial charge in [0.25, 0.3) is 5.56 Å². The predicted octanol–water partition coefficient (Wildman–Crippen LogP) is 0.260. The predicted molar refractivity (Wildman–Crippen MR) is 66.1 cm³/mol. The van der Waals surface area contributed by atoms with Crippen LogP contribution >= 0.6 is 0 Å². The number of H-pyrrole nitrogens is 1. The minimum Gasteiger partial charge on any atom is -0.353 e. The van der Waals surface area contributed by atoms with E-state index in [2.05, 4.69) is 14.9 Å². The molecule has 5 nitrogen and oxygen atoms in total. The summed E-state index contributed by atoms with van der Waals surface area (Å²) in [4.78, 5) is 20.7. The molecule has 1 saturated heterocycles. The van der Waals surface area contributed by atoms with Gasteiger partial charge in [-0.3, -0.25) is 4.79 Å². The Morgan fingerprint density at radius 3 is 2.88 bits per heavy atom. The molecule has 5 heteroatoms. The van der Waals surface area contributed by atoms with Gasteiger partial charge in [-0.05, 0) is 18.8 Å². The Morgan fingerprint density at radius 2 is 2.29 bits per heavy atom. The van der Waals surface area contributed by atoms with Crippen molar-refractivity contribution in [3.8, 4) is 0 Å². The molecule has 3 N–H and O–H groups in total. The maximum atomic E-state index is 11.5. The van der Waals surface area contributed by atoms with Crippen molar-refractivity contribution in [3.05, 3.63) is 22.2 Å². The number of aryl methyl sites for hydroxylation is 1. The summed E-state index contributed by atoms with van der Waals surface area (Å²) in [6.45, 7) is 3.64. The van der Waals surface area contributed by atoms with E-state index in [9.17, 15) is 4.79 Å². The first-order valence-corrected chi connectivity index (χ1v) is 6.25. The van der Waals surface area contributed by atoms with Gasteiger partial charge in [-0.25, -0.2) is 4.98 Å². The monoisotopic (exact) mass is 234 g/mol. The van der Waals surface area contributed by atoms with E-state index in [0.29, 0.717) is 5.92 Å². The van der Waals surface area contributed by atoms with Crippen LogP contribution in [0.15, 0.2) is 10.9 Å². The van der Waals surface area contributed by atoms with Crippen LogP contribution in [0.3, 0.4) is 0 Å². The zero-order chi connectivity index (χ0) is 12.0. The minimum atomic E-state index is -0.0761. The number of anilines is 1. The molecule has 1 saturated carbocycles. The van der Waals surface area contributed by atoms with Gasteiger partial charge in [0.2, 0.25) is 0 Å². The summed E-state index contributed by atoms with van der Waals surface area (Å²) in [6, 6.07) is 1.56. The first kappa shape index (κ1) is 10.8. The first-order valence-electron chi connectivity index (χ1n) is 6.25. The summed E-state index contributed by atoms with van der Waals surface area (Å²) in [6.07, 6.45) is 3.26.